The van der Waals surface area contributed by atoms with Gasteiger partial charge in [-0.2, -0.15) is 0 Å². The maximum Gasteiger partial charge on any atom is 0.314 e. The van der Waals surface area contributed by atoms with Gasteiger partial charge in [-0.25, -0.2) is 0 Å². The van der Waals surface area contributed by atoms with Crippen LogP contribution in [0, 0.1) is 0 Å². The normalized spacial score (nSPS) is 17.2. The Morgan fingerprint density at radius 2 is 2.00 bits per heavy atom. The molecule has 0 unspecified atom stereocenters. The zero-order chi connectivity index (χ0) is 12.3. The summed E-state index contributed by atoms with van der Waals surface area (Å²) < 4.78 is 0. The number of carboxylic acid groups (broad SMARTS) is 1. The van der Waals surface area contributed by atoms with Crippen molar-refractivity contribution in [3.63, 3.8) is 0 Å². The largest absolute Gasteiger partial charge is 0.481 e. The quantitative estimate of drug-likeness (QED) is 0.843. The molecular weight excluding hydrogens is 280 g/mol. The second kappa shape index (κ2) is 5.05. The van der Waals surface area contributed by atoms with Crippen molar-refractivity contribution < 1.29 is 9.90 Å². The van der Waals surface area contributed by atoms with Gasteiger partial charge in [-0.3, -0.25) is 4.79 Å². The molecular formula is C14H15BrO2. The average molecular weight is 295 g/mol. The molecule has 2 nitrogen and oxygen atoms in total. The van der Waals surface area contributed by atoms with Crippen LogP contribution in [0.4, 0.5) is 0 Å². The lowest BCUT2D eigenvalue weighted by atomic mass is 9.95. The van der Waals surface area contributed by atoms with E-state index in [1.54, 1.807) is 0 Å². The fourth-order valence-electron chi connectivity index (χ4n) is 1.95. The van der Waals surface area contributed by atoms with Crippen LogP contribution in [0.15, 0.2) is 30.3 Å². The van der Waals surface area contributed by atoms with E-state index in [1.165, 1.54) is 0 Å². The zero-order valence-corrected chi connectivity index (χ0v) is 11.1. The molecule has 1 aromatic carbocycles. The molecule has 3 heteroatoms. The number of carboxylic acids is 1. The van der Waals surface area contributed by atoms with Crippen molar-refractivity contribution in [1.82, 2.24) is 0 Å². The minimum Gasteiger partial charge on any atom is -0.481 e. The molecule has 90 valence electrons. The summed E-state index contributed by atoms with van der Waals surface area (Å²) in [6.45, 7) is 0. The third-order valence-electron chi connectivity index (χ3n) is 3.21. The summed E-state index contributed by atoms with van der Waals surface area (Å²) >= 11 is 3.37. The second-order valence-corrected chi connectivity index (χ2v) is 5.18. The summed E-state index contributed by atoms with van der Waals surface area (Å²) in [6.07, 6.45) is 6.70. The first-order chi connectivity index (χ1) is 8.19. The van der Waals surface area contributed by atoms with Gasteiger partial charge in [0.25, 0.3) is 0 Å². The minimum atomic E-state index is -0.694. The molecule has 1 fully saturated rings. The van der Waals surface area contributed by atoms with Gasteiger partial charge in [0.05, 0.1) is 5.41 Å². The Balaban J connectivity index is 2.11. The van der Waals surface area contributed by atoms with Crippen molar-refractivity contribution in [3.8, 4) is 0 Å². The van der Waals surface area contributed by atoms with Gasteiger partial charge in [0.2, 0.25) is 0 Å². The second-order valence-electron chi connectivity index (χ2n) is 4.39. The summed E-state index contributed by atoms with van der Waals surface area (Å²) in [7, 11) is 0. The van der Waals surface area contributed by atoms with E-state index < -0.39 is 11.4 Å². The Bertz CT molecular complexity index is 430. The third-order valence-corrected chi connectivity index (χ3v) is 3.67. The highest BCUT2D eigenvalue weighted by atomic mass is 79.9. The van der Waals surface area contributed by atoms with Crippen LogP contribution in [0.1, 0.15) is 30.4 Å². The van der Waals surface area contributed by atoms with Crippen LogP contribution in [0.2, 0.25) is 0 Å². The molecule has 0 aromatic heterocycles. The first-order valence-electron chi connectivity index (χ1n) is 5.75. The summed E-state index contributed by atoms with van der Waals surface area (Å²) in [6, 6.07) is 7.86. The molecule has 0 atom stereocenters. The smallest absolute Gasteiger partial charge is 0.314 e. The fourth-order valence-corrected chi connectivity index (χ4v) is 2.21. The summed E-state index contributed by atoms with van der Waals surface area (Å²) in [5.74, 6) is -0.694. The summed E-state index contributed by atoms with van der Waals surface area (Å²) in [4.78, 5) is 11.2. The number of hydrogen-bond donors (Lipinski definition) is 1. The van der Waals surface area contributed by atoms with E-state index in [1.807, 2.05) is 24.3 Å². The van der Waals surface area contributed by atoms with E-state index in [0.29, 0.717) is 0 Å². The van der Waals surface area contributed by atoms with E-state index in [9.17, 15) is 9.90 Å². The van der Waals surface area contributed by atoms with E-state index >= 15 is 0 Å². The van der Waals surface area contributed by atoms with Gasteiger partial charge in [0.1, 0.15) is 0 Å². The van der Waals surface area contributed by atoms with Crippen LogP contribution >= 0.6 is 15.9 Å². The number of halogens is 1. The number of hydrogen-bond acceptors (Lipinski definition) is 1. The predicted octanol–water partition coefficient (Wildman–Crippen LogP) is 3.60. The van der Waals surface area contributed by atoms with Gasteiger partial charge in [-0.05, 0) is 30.4 Å². The molecule has 1 aliphatic carbocycles. The van der Waals surface area contributed by atoms with Gasteiger partial charge >= 0.3 is 5.97 Å². The van der Waals surface area contributed by atoms with Gasteiger partial charge < -0.3 is 5.11 Å². The molecule has 2 rings (SSSR count). The molecule has 0 spiro atoms. The van der Waals surface area contributed by atoms with E-state index in [-0.39, 0.29) is 0 Å². The lowest BCUT2D eigenvalue weighted by Gasteiger charge is -2.09. The van der Waals surface area contributed by atoms with Gasteiger partial charge in [0, 0.05) is 5.33 Å². The van der Waals surface area contributed by atoms with Crippen LogP contribution in [0.25, 0.3) is 6.08 Å². The van der Waals surface area contributed by atoms with Gasteiger partial charge in [0.15, 0.2) is 0 Å². The molecule has 0 aliphatic heterocycles. The number of aliphatic carboxylic acids is 1. The molecule has 0 heterocycles. The standard InChI is InChI=1S/C14H15BrO2/c15-10-2-1-3-11-4-6-12(7-5-11)14(8-9-14)13(16)17/h1,3-7H,2,8-10H2,(H,16,17). The molecule has 1 N–H and O–H groups in total. The topological polar surface area (TPSA) is 37.3 Å². The number of benzene rings is 1. The lowest BCUT2D eigenvalue weighted by Crippen LogP contribution is -2.19. The number of allylic oxidation sites excluding steroid dienone is 1. The Morgan fingerprint density at radius 1 is 1.35 bits per heavy atom. The van der Waals surface area contributed by atoms with E-state index in [0.717, 1.165) is 35.7 Å². The van der Waals surface area contributed by atoms with Crippen molar-refractivity contribution in [1.29, 1.82) is 0 Å². The Kier molecular flexibility index (Phi) is 3.67. The summed E-state index contributed by atoms with van der Waals surface area (Å²) in [5, 5.41) is 10.1. The lowest BCUT2D eigenvalue weighted by molar-refractivity contribution is -0.140. The van der Waals surface area contributed by atoms with Crippen LogP contribution in [0.3, 0.4) is 0 Å². The predicted molar refractivity (Wildman–Crippen MR) is 72.4 cm³/mol. The van der Waals surface area contributed by atoms with Crippen molar-refractivity contribution in [2.75, 3.05) is 5.33 Å². The molecule has 0 radical (unpaired) electrons. The molecule has 1 aliphatic rings. The molecule has 17 heavy (non-hydrogen) atoms. The van der Waals surface area contributed by atoms with Crippen molar-refractivity contribution in [2.45, 2.75) is 24.7 Å². The van der Waals surface area contributed by atoms with Crippen molar-refractivity contribution >= 4 is 28.0 Å². The van der Waals surface area contributed by atoms with Crippen LogP contribution in [-0.2, 0) is 10.2 Å². The van der Waals surface area contributed by atoms with Gasteiger partial charge in [-0.15, -0.1) is 0 Å². The van der Waals surface area contributed by atoms with Crippen LogP contribution < -0.4 is 0 Å². The SMILES string of the molecule is O=C(O)C1(c2ccc(C=CCCBr)cc2)CC1. The van der Waals surface area contributed by atoms with E-state index in [4.69, 9.17) is 0 Å². The maximum atomic E-state index is 11.2. The van der Waals surface area contributed by atoms with Crippen LogP contribution in [0.5, 0.6) is 0 Å². The highest BCUT2D eigenvalue weighted by Crippen LogP contribution is 2.48. The number of alkyl halides is 1. The van der Waals surface area contributed by atoms with E-state index in [2.05, 4.69) is 28.1 Å². The zero-order valence-electron chi connectivity index (χ0n) is 9.53. The van der Waals surface area contributed by atoms with Crippen LogP contribution in [-0.4, -0.2) is 16.4 Å². The summed E-state index contributed by atoms with van der Waals surface area (Å²) in [5.41, 5.74) is 1.47. The monoisotopic (exact) mass is 294 g/mol. The Hall–Kier alpha value is -1.09. The first kappa shape index (κ1) is 12.4. The minimum absolute atomic E-state index is 0.585. The highest BCUT2D eigenvalue weighted by Gasteiger charge is 2.51. The molecule has 0 bridgehead atoms. The van der Waals surface area contributed by atoms with Crippen molar-refractivity contribution in [2.24, 2.45) is 0 Å². The fraction of sp³-hybridized carbons (Fsp3) is 0.357. The Morgan fingerprint density at radius 3 is 2.47 bits per heavy atom. The first-order valence-corrected chi connectivity index (χ1v) is 6.88. The maximum absolute atomic E-state index is 11.2. The molecule has 0 amide bonds. The number of carbonyl (C=O) groups is 1. The molecule has 1 saturated carbocycles. The third kappa shape index (κ3) is 2.60. The Labute approximate surface area is 109 Å². The van der Waals surface area contributed by atoms with Gasteiger partial charge in [-0.1, -0.05) is 52.3 Å². The average Bonchev–Trinajstić information content (AvgIpc) is 3.11. The van der Waals surface area contributed by atoms with Crippen molar-refractivity contribution in [3.05, 3.63) is 41.5 Å². The number of rotatable bonds is 5. The highest BCUT2D eigenvalue weighted by molar-refractivity contribution is 9.09. The molecule has 0 saturated heterocycles. The molecule has 1 aromatic rings.